The summed E-state index contributed by atoms with van der Waals surface area (Å²) in [6.07, 6.45) is 0. The number of hydrogen-bond acceptors (Lipinski definition) is 2. The van der Waals surface area contributed by atoms with E-state index >= 15 is 0 Å². The molecule has 320 valence electrons. The molecule has 0 N–H and O–H groups in total. The van der Waals surface area contributed by atoms with E-state index < -0.39 is 0 Å². The molecule has 2 aromatic heterocycles. The van der Waals surface area contributed by atoms with Gasteiger partial charge in [-0.25, -0.2) is 0 Å². The molecule has 66 heavy (non-hydrogen) atoms. The van der Waals surface area contributed by atoms with Gasteiger partial charge in [0.25, 0.3) is 0 Å². The van der Waals surface area contributed by atoms with E-state index in [9.17, 15) is 0 Å². The molecule has 4 aliphatic rings. The third-order valence-corrected chi connectivity index (χ3v) is 16.5. The Labute approximate surface area is 387 Å². The summed E-state index contributed by atoms with van der Waals surface area (Å²) in [7, 11) is 0. The summed E-state index contributed by atoms with van der Waals surface area (Å²) in [4.78, 5) is 2.66. The third kappa shape index (κ3) is 4.75. The average Bonchev–Trinajstić information content (AvgIpc) is 3.96. The van der Waals surface area contributed by atoms with Gasteiger partial charge in [0, 0.05) is 61.1 Å². The van der Waals surface area contributed by atoms with E-state index in [1.54, 1.807) is 0 Å². The van der Waals surface area contributed by atoms with Crippen molar-refractivity contribution in [2.75, 3.05) is 4.81 Å². The van der Waals surface area contributed by atoms with Gasteiger partial charge >= 0.3 is 6.85 Å². The van der Waals surface area contributed by atoms with Crippen molar-refractivity contribution < 1.29 is 4.42 Å². The van der Waals surface area contributed by atoms with Crippen LogP contribution in [0.5, 0.6) is 0 Å². The number of rotatable bonds is 1. The predicted octanol–water partition coefficient (Wildman–Crippen LogP) is 15.1. The lowest BCUT2D eigenvalue weighted by Gasteiger charge is -2.42. The maximum atomic E-state index is 6.92. The van der Waals surface area contributed by atoms with Crippen LogP contribution >= 0.6 is 0 Å². The Hall–Kier alpha value is -6.78. The smallest absolute Gasteiger partial charge is 0.333 e. The Morgan fingerprint density at radius 3 is 1.73 bits per heavy atom. The van der Waals surface area contributed by atoms with Crippen molar-refractivity contribution >= 4 is 72.9 Å². The van der Waals surface area contributed by atoms with Crippen LogP contribution in [0.15, 0.2) is 144 Å². The van der Waals surface area contributed by atoms with E-state index in [2.05, 4.69) is 218 Å². The highest BCUT2D eigenvalue weighted by molar-refractivity contribution is 6.93. The molecule has 8 aromatic carbocycles. The second-order valence-electron chi connectivity index (χ2n) is 23.0. The van der Waals surface area contributed by atoms with Gasteiger partial charge in [0.1, 0.15) is 11.2 Å². The van der Waals surface area contributed by atoms with Crippen LogP contribution in [-0.4, -0.2) is 11.4 Å². The fourth-order valence-corrected chi connectivity index (χ4v) is 12.9. The van der Waals surface area contributed by atoms with Crippen molar-refractivity contribution in [2.45, 2.75) is 90.9 Å². The van der Waals surface area contributed by atoms with Gasteiger partial charge in [0.15, 0.2) is 0 Å². The Morgan fingerprint density at radius 2 is 1.05 bits per heavy atom. The first-order chi connectivity index (χ1) is 31.5. The van der Waals surface area contributed by atoms with Crippen LogP contribution in [-0.2, 0) is 21.7 Å². The van der Waals surface area contributed by atoms with Crippen LogP contribution in [0.25, 0.3) is 82.8 Å². The van der Waals surface area contributed by atoms with Crippen molar-refractivity contribution in [3.63, 3.8) is 0 Å². The molecule has 4 heterocycles. The molecule has 0 atom stereocenters. The molecule has 0 fully saturated rings. The number of aromatic nitrogens is 1. The first-order valence-electron chi connectivity index (χ1n) is 24.0. The number of benzene rings is 8. The van der Waals surface area contributed by atoms with Gasteiger partial charge < -0.3 is 13.8 Å². The largest absolute Gasteiger partial charge is 0.456 e. The van der Waals surface area contributed by atoms with Crippen molar-refractivity contribution in [2.24, 2.45) is 0 Å². The van der Waals surface area contributed by atoms with E-state index in [1.807, 2.05) is 0 Å². The lowest BCUT2D eigenvalue weighted by atomic mass is 9.43. The topological polar surface area (TPSA) is 21.3 Å². The van der Waals surface area contributed by atoms with Crippen molar-refractivity contribution in [3.8, 4) is 39.1 Å². The van der Waals surface area contributed by atoms with Gasteiger partial charge in [0.2, 0.25) is 0 Å². The van der Waals surface area contributed by atoms with Crippen molar-refractivity contribution in [1.82, 2.24) is 4.57 Å². The third-order valence-electron chi connectivity index (χ3n) is 16.5. The normalized spacial score (nSPS) is 15.9. The fraction of sp³-hybridized carbons (Fsp3) is 0.226. The first-order valence-corrected chi connectivity index (χ1v) is 24.0. The van der Waals surface area contributed by atoms with Gasteiger partial charge in [-0.05, 0) is 125 Å². The summed E-state index contributed by atoms with van der Waals surface area (Å²) in [6.45, 7) is 23.3. The Bertz CT molecular complexity index is 3840. The zero-order valence-electron chi connectivity index (χ0n) is 39.7. The summed E-state index contributed by atoms with van der Waals surface area (Å²) in [5.41, 5.74) is 26.7. The van der Waals surface area contributed by atoms with E-state index in [1.165, 1.54) is 117 Å². The number of nitrogens with zero attached hydrogens (tertiary/aromatic N) is 2. The molecule has 0 bridgehead atoms. The molecular formula is C62H53BN2O. The van der Waals surface area contributed by atoms with Crippen LogP contribution in [0.1, 0.15) is 103 Å². The zero-order chi connectivity index (χ0) is 45.1. The number of fused-ring (bicyclic) bond motifs is 17. The summed E-state index contributed by atoms with van der Waals surface area (Å²) >= 11 is 0. The molecule has 3 nitrogen and oxygen atoms in total. The SMILES string of the molecule is CC(C)(C)c1ccc(N2B3c4cc5c(cc4-n4c6cc7c(cc6c6ccc(c3c64)-c3cc4c(cc32)oc2cc(C(C)(C)C)ccc24)-c2ccccc2C7(C)C)-c2ccccc2C5(C)C)cc1. The molecule has 0 spiro atoms. The zero-order valence-corrected chi connectivity index (χ0v) is 39.7. The second kappa shape index (κ2) is 12.2. The predicted molar refractivity (Wildman–Crippen MR) is 280 cm³/mol. The number of furan rings is 1. The van der Waals surface area contributed by atoms with Gasteiger partial charge in [-0.15, -0.1) is 0 Å². The van der Waals surface area contributed by atoms with Gasteiger partial charge in [-0.1, -0.05) is 160 Å². The van der Waals surface area contributed by atoms with Crippen molar-refractivity contribution in [3.05, 3.63) is 173 Å². The van der Waals surface area contributed by atoms with Crippen LogP contribution in [0.2, 0.25) is 0 Å². The maximum absolute atomic E-state index is 6.92. The minimum atomic E-state index is -0.163. The highest BCUT2D eigenvalue weighted by atomic mass is 16.3. The summed E-state index contributed by atoms with van der Waals surface area (Å²) in [5.74, 6) is 0. The first kappa shape index (κ1) is 38.5. The number of anilines is 2. The van der Waals surface area contributed by atoms with Crippen LogP contribution in [0.3, 0.4) is 0 Å². The van der Waals surface area contributed by atoms with E-state index in [0.717, 1.165) is 21.9 Å². The molecule has 0 radical (unpaired) electrons. The van der Waals surface area contributed by atoms with E-state index in [0.29, 0.717) is 0 Å². The molecule has 2 aliphatic carbocycles. The van der Waals surface area contributed by atoms with E-state index in [4.69, 9.17) is 4.42 Å². The standard InChI is InChI=1S/C62H53BN2O/c1-59(2,3)34-19-22-36(23-20-34)65-53-33-56-46(39-24-21-35(60(4,5)6)27-55(39)66-56)29-44(53)40-25-26-41-45-28-42-37-15-11-13-17-47(37)62(9,10)50(42)32-52(45)64-54-30-43-38-16-12-14-18-48(38)61(7,8)49(43)31-51(54)63(65)57(40)58(41)64/h11-33H,1-10H3. The summed E-state index contributed by atoms with van der Waals surface area (Å²) in [6, 6.07) is 54.4. The molecule has 4 heteroatoms. The lowest BCUT2D eigenvalue weighted by molar-refractivity contribution is 0.587. The summed E-state index contributed by atoms with van der Waals surface area (Å²) in [5, 5.41) is 4.93. The Balaban J connectivity index is 1.14. The molecule has 14 rings (SSSR count). The minimum absolute atomic E-state index is 0.0104. The van der Waals surface area contributed by atoms with Crippen molar-refractivity contribution in [1.29, 1.82) is 0 Å². The molecule has 2 aliphatic heterocycles. The van der Waals surface area contributed by atoms with Gasteiger partial charge in [-0.2, -0.15) is 0 Å². The fourth-order valence-electron chi connectivity index (χ4n) is 12.9. The maximum Gasteiger partial charge on any atom is 0.333 e. The highest BCUT2D eigenvalue weighted by Crippen LogP contribution is 2.55. The lowest BCUT2D eigenvalue weighted by Crippen LogP contribution is -2.60. The minimum Gasteiger partial charge on any atom is -0.456 e. The quantitative estimate of drug-likeness (QED) is 0.153. The van der Waals surface area contributed by atoms with Crippen LogP contribution < -0.4 is 15.7 Å². The summed E-state index contributed by atoms with van der Waals surface area (Å²) < 4.78 is 9.60. The highest BCUT2D eigenvalue weighted by Gasteiger charge is 2.47. The molecule has 0 saturated carbocycles. The molecule has 10 aromatic rings. The number of hydrogen-bond donors (Lipinski definition) is 0. The Morgan fingerprint density at radius 1 is 0.455 bits per heavy atom. The van der Waals surface area contributed by atoms with Gasteiger partial charge in [-0.3, -0.25) is 0 Å². The monoisotopic (exact) mass is 852 g/mol. The Kier molecular flexibility index (Phi) is 7.09. The van der Waals surface area contributed by atoms with Gasteiger partial charge in [0.05, 0.1) is 11.0 Å². The molecular weight excluding hydrogens is 800 g/mol. The molecule has 0 saturated heterocycles. The van der Waals surface area contributed by atoms with E-state index in [-0.39, 0.29) is 28.5 Å². The molecule has 0 unspecified atom stereocenters. The average molecular weight is 853 g/mol. The second-order valence-corrected chi connectivity index (χ2v) is 23.0. The van der Waals surface area contributed by atoms with Crippen LogP contribution in [0.4, 0.5) is 11.4 Å². The van der Waals surface area contributed by atoms with Crippen LogP contribution in [0, 0.1) is 0 Å². The molecule has 0 amide bonds.